The van der Waals surface area contributed by atoms with E-state index < -0.39 is 0 Å². The van der Waals surface area contributed by atoms with Gasteiger partial charge in [-0.1, -0.05) is 30.3 Å². The predicted molar refractivity (Wildman–Crippen MR) is 135 cm³/mol. The van der Waals surface area contributed by atoms with E-state index in [1.807, 2.05) is 6.07 Å². The first kappa shape index (κ1) is 25.8. The molecule has 0 amide bonds. The van der Waals surface area contributed by atoms with Crippen molar-refractivity contribution in [3.63, 3.8) is 0 Å². The lowest BCUT2D eigenvalue weighted by atomic mass is 10.2. The van der Waals surface area contributed by atoms with Crippen LogP contribution in [0.25, 0.3) is 0 Å². The molecular weight excluding hydrogens is 495 g/mol. The Morgan fingerprint density at radius 3 is 2.55 bits per heavy atom. The average molecular weight is 531 g/mol. The van der Waals surface area contributed by atoms with E-state index in [9.17, 15) is 0 Å². The molecule has 0 saturated heterocycles. The number of ether oxygens (including phenoxy) is 1. The normalized spacial score (nSPS) is 11.2. The average Bonchev–Trinajstić information content (AvgIpc) is 3.02. The standard InChI is InChI=1S/C22H34N4OS.HI/c1-4-23-22(25-15-12-21-26-18(2)19(3)28-21)24-14-8-9-16-27-17-13-20-10-6-5-7-11-20;/h5-7,10-11H,4,8-9,12-17H2,1-3H3,(H2,23,24,25);1H. The maximum Gasteiger partial charge on any atom is 0.191 e. The summed E-state index contributed by atoms with van der Waals surface area (Å²) in [5.74, 6) is 0.887. The minimum Gasteiger partial charge on any atom is -0.381 e. The first-order valence-corrected chi connectivity index (χ1v) is 11.1. The summed E-state index contributed by atoms with van der Waals surface area (Å²) in [4.78, 5) is 10.5. The molecule has 1 aromatic carbocycles. The Morgan fingerprint density at radius 1 is 1.07 bits per heavy atom. The molecule has 0 aliphatic rings. The number of nitrogens with one attached hydrogen (secondary N) is 2. The van der Waals surface area contributed by atoms with Gasteiger partial charge in [0.05, 0.1) is 17.3 Å². The predicted octanol–water partition coefficient (Wildman–Crippen LogP) is 4.52. The van der Waals surface area contributed by atoms with Gasteiger partial charge >= 0.3 is 0 Å². The first-order chi connectivity index (χ1) is 13.7. The van der Waals surface area contributed by atoms with Gasteiger partial charge in [-0.3, -0.25) is 4.99 Å². The summed E-state index contributed by atoms with van der Waals surface area (Å²) in [6.45, 7) is 10.4. The van der Waals surface area contributed by atoms with Crippen molar-refractivity contribution >= 4 is 41.3 Å². The fraction of sp³-hybridized carbons (Fsp3) is 0.545. The van der Waals surface area contributed by atoms with Crippen LogP contribution >= 0.6 is 35.3 Å². The smallest absolute Gasteiger partial charge is 0.191 e. The summed E-state index contributed by atoms with van der Waals surface area (Å²) in [6, 6.07) is 10.5. The Kier molecular flexibility index (Phi) is 13.9. The van der Waals surface area contributed by atoms with Crippen LogP contribution in [0.4, 0.5) is 0 Å². The first-order valence-electron chi connectivity index (χ1n) is 10.3. The topological polar surface area (TPSA) is 58.5 Å². The molecule has 0 bridgehead atoms. The molecule has 5 nitrogen and oxygen atoms in total. The summed E-state index contributed by atoms with van der Waals surface area (Å²) in [5, 5.41) is 7.89. The van der Waals surface area contributed by atoms with Crippen LogP contribution in [-0.2, 0) is 17.6 Å². The van der Waals surface area contributed by atoms with E-state index in [-0.39, 0.29) is 24.0 Å². The SMILES string of the molecule is CCNC(=NCCCCOCCc1ccccc1)NCCc1nc(C)c(C)s1.I. The summed E-state index contributed by atoms with van der Waals surface area (Å²) >= 11 is 1.78. The molecular formula is C22H35IN4OS. The number of aryl methyl sites for hydroxylation is 2. The molecule has 0 unspecified atom stereocenters. The Balaban J connectivity index is 0.00000420. The van der Waals surface area contributed by atoms with Crippen LogP contribution in [-0.4, -0.2) is 43.8 Å². The highest BCUT2D eigenvalue weighted by Gasteiger charge is 2.04. The highest BCUT2D eigenvalue weighted by molar-refractivity contribution is 14.0. The zero-order chi connectivity index (χ0) is 20.0. The molecule has 7 heteroatoms. The summed E-state index contributed by atoms with van der Waals surface area (Å²) in [5.41, 5.74) is 2.48. The lowest BCUT2D eigenvalue weighted by Crippen LogP contribution is -2.38. The Morgan fingerprint density at radius 2 is 1.86 bits per heavy atom. The van der Waals surface area contributed by atoms with Crippen LogP contribution in [0.3, 0.4) is 0 Å². The molecule has 1 aromatic heterocycles. The molecule has 2 aromatic rings. The van der Waals surface area contributed by atoms with Crippen molar-refractivity contribution in [2.75, 3.05) is 32.8 Å². The monoisotopic (exact) mass is 530 g/mol. The zero-order valence-electron chi connectivity index (χ0n) is 17.9. The van der Waals surface area contributed by atoms with Crippen molar-refractivity contribution in [2.24, 2.45) is 4.99 Å². The van der Waals surface area contributed by atoms with Crippen molar-refractivity contribution in [1.82, 2.24) is 15.6 Å². The van der Waals surface area contributed by atoms with Crippen LogP contribution in [0.15, 0.2) is 35.3 Å². The zero-order valence-corrected chi connectivity index (χ0v) is 21.0. The van der Waals surface area contributed by atoms with Gasteiger partial charge in [-0.2, -0.15) is 0 Å². The molecule has 0 saturated carbocycles. The third kappa shape index (κ3) is 11.0. The number of unbranched alkanes of at least 4 members (excludes halogenated alkanes) is 1. The Labute approximate surface area is 196 Å². The number of aromatic nitrogens is 1. The Bertz CT molecular complexity index is 687. The van der Waals surface area contributed by atoms with Gasteiger partial charge in [-0.25, -0.2) is 4.98 Å². The largest absolute Gasteiger partial charge is 0.381 e. The number of guanidine groups is 1. The van der Waals surface area contributed by atoms with Crippen molar-refractivity contribution in [1.29, 1.82) is 0 Å². The van der Waals surface area contributed by atoms with Crippen LogP contribution in [0.2, 0.25) is 0 Å². The van der Waals surface area contributed by atoms with Crippen molar-refractivity contribution in [3.05, 3.63) is 51.5 Å². The molecule has 0 fully saturated rings. The van der Waals surface area contributed by atoms with Gasteiger partial charge in [0, 0.05) is 37.5 Å². The second-order valence-corrected chi connectivity index (χ2v) is 8.03. The fourth-order valence-corrected chi connectivity index (χ4v) is 3.65. The molecule has 1 heterocycles. The number of hydrogen-bond donors (Lipinski definition) is 2. The highest BCUT2D eigenvalue weighted by atomic mass is 127. The Hall–Kier alpha value is -1.19. The van der Waals surface area contributed by atoms with Crippen molar-refractivity contribution in [2.45, 2.75) is 46.5 Å². The molecule has 0 spiro atoms. The van der Waals surface area contributed by atoms with E-state index in [4.69, 9.17) is 4.74 Å². The number of thiazole rings is 1. The number of benzene rings is 1. The third-order valence-electron chi connectivity index (χ3n) is 4.39. The number of aliphatic imine (C=N–C) groups is 1. The molecule has 0 atom stereocenters. The molecule has 162 valence electrons. The third-order valence-corrected chi connectivity index (χ3v) is 5.53. The van der Waals surface area contributed by atoms with Gasteiger partial charge in [0.1, 0.15) is 0 Å². The van der Waals surface area contributed by atoms with Crippen molar-refractivity contribution in [3.8, 4) is 0 Å². The van der Waals surface area contributed by atoms with Gasteiger partial charge < -0.3 is 15.4 Å². The minimum atomic E-state index is 0. The van der Waals surface area contributed by atoms with E-state index in [1.165, 1.54) is 15.4 Å². The fourth-order valence-electron chi connectivity index (χ4n) is 2.72. The van der Waals surface area contributed by atoms with E-state index in [2.05, 4.69) is 65.6 Å². The maximum absolute atomic E-state index is 5.73. The second-order valence-electron chi connectivity index (χ2n) is 6.74. The molecule has 0 aliphatic carbocycles. The van der Waals surface area contributed by atoms with E-state index in [0.29, 0.717) is 0 Å². The molecule has 0 aliphatic heterocycles. The second kappa shape index (κ2) is 15.6. The van der Waals surface area contributed by atoms with E-state index >= 15 is 0 Å². The number of halogens is 1. The van der Waals surface area contributed by atoms with E-state index in [0.717, 1.165) is 70.2 Å². The van der Waals surface area contributed by atoms with E-state index in [1.54, 1.807) is 11.3 Å². The van der Waals surface area contributed by atoms with Gasteiger partial charge in [-0.15, -0.1) is 35.3 Å². The number of nitrogens with zero attached hydrogens (tertiary/aromatic N) is 2. The maximum atomic E-state index is 5.73. The highest BCUT2D eigenvalue weighted by Crippen LogP contribution is 2.16. The number of rotatable bonds is 12. The molecule has 0 radical (unpaired) electrons. The minimum absolute atomic E-state index is 0. The van der Waals surface area contributed by atoms with Gasteiger partial charge in [-0.05, 0) is 45.6 Å². The van der Waals surface area contributed by atoms with Gasteiger partial charge in [0.15, 0.2) is 5.96 Å². The van der Waals surface area contributed by atoms with Crippen LogP contribution in [0.5, 0.6) is 0 Å². The van der Waals surface area contributed by atoms with Gasteiger partial charge in [0.25, 0.3) is 0 Å². The summed E-state index contributed by atoms with van der Waals surface area (Å²) in [7, 11) is 0. The van der Waals surface area contributed by atoms with Crippen molar-refractivity contribution < 1.29 is 4.74 Å². The number of hydrogen-bond acceptors (Lipinski definition) is 4. The summed E-state index contributed by atoms with van der Waals surface area (Å²) in [6.07, 6.45) is 3.98. The molecule has 29 heavy (non-hydrogen) atoms. The quantitative estimate of drug-likeness (QED) is 0.184. The van der Waals surface area contributed by atoms with Crippen LogP contribution < -0.4 is 10.6 Å². The van der Waals surface area contributed by atoms with Crippen LogP contribution in [0.1, 0.15) is 40.9 Å². The van der Waals surface area contributed by atoms with Crippen LogP contribution in [0, 0.1) is 13.8 Å². The van der Waals surface area contributed by atoms with Gasteiger partial charge in [0.2, 0.25) is 0 Å². The lowest BCUT2D eigenvalue weighted by Gasteiger charge is -2.10. The summed E-state index contributed by atoms with van der Waals surface area (Å²) < 4.78 is 5.73. The molecule has 2 rings (SSSR count). The molecule has 2 N–H and O–H groups in total. The lowest BCUT2D eigenvalue weighted by molar-refractivity contribution is 0.134.